The van der Waals surface area contributed by atoms with Crippen molar-refractivity contribution >= 4 is 0 Å². The van der Waals surface area contributed by atoms with Crippen molar-refractivity contribution in [1.82, 2.24) is 15.0 Å². The molecule has 1 heterocycles. The predicted molar refractivity (Wildman–Crippen MR) is 66.5 cm³/mol. The number of aromatic nitrogens is 3. The third-order valence-corrected chi connectivity index (χ3v) is 4.03. The second-order valence-corrected chi connectivity index (χ2v) is 5.12. The Morgan fingerprint density at radius 3 is 3.00 bits per heavy atom. The summed E-state index contributed by atoms with van der Waals surface area (Å²) in [6, 6.07) is 0. The first-order valence-electron chi connectivity index (χ1n) is 6.83. The van der Waals surface area contributed by atoms with Gasteiger partial charge in [0.25, 0.3) is 0 Å². The van der Waals surface area contributed by atoms with Gasteiger partial charge in [-0.3, -0.25) is 0 Å². The Morgan fingerprint density at radius 1 is 1.47 bits per heavy atom. The number of nitrogens with zero attached hydrogens (tertiary/aromatic N) is 3. The summed E-state index contributed by atoms with van der Waals surface area (Å²) in [4.78, 5) is 0. The van der Waals surface area contributed by atoms with Crippen LogP contribution in [0.15, 0.2) is 6.20 Å². The minimum Gasteiger partial charge on any atom is -0.383 e. The normalized spacial score (nSPS) is 29.5. The lowest BCUT2D eigenvalue weighted by molar-refractivity contribution is -0.0626. The highest BCUT2D eigenvalue weighted by Crippen LogP contribution is 2.42. The molecule has 17 heavy (non-hydrogen) atoms. The molecule has 1 N–H and O–H groups in total. The molecule has 2 atom stereocenters. The number of hydrogen-bond donors (Lipinski definition) is 1. The lowest BCUT2D eigenvalue weighted by Crippen LogP contribution is -2.39. The first kappa shape index (κ1) is 12.6. The van der Waals surface area contributed by atoms with E-state index in [2.05, 4.69) is 24.2 Å². The van der Waals surface area contributed by atoms with E-state index in [0.29, 0.717) is 5.92 Å². The zero-order valence-corrected chi connectivity index (χ0v) is 10.9. The summed E-state index contributed by atoms with van der Waals surface area (Å²) in [5.41, 5.74) is 0.219. The van der Waals surface area contributed by atoms with Gasteiger partial charge in [0.1, 0.15) is 5.60 Å². The molecule has 0 bridgehead atoms. The van der Waals surface area contributed by atoms with Gasteiger partial charge in [-0.2, -0.15) is 0 Å². The van der Waals surface area contributed by atoms with Crippen molar-refractivity contribution < 1.29 is 5.11 Å². The fourth-order valence-electron chi connectivity index (χ4n) is 3.08. The molecule has 1 aromatic rings. The molecular weight excluding hydrogens is 214 g/mol. The Labute approximate surface area is 103 Å². The number of hydrogen-bond acceptors (Lipinski definition) is 3. The lowest BCUT2D eigenvalue weighted by Gasteiger charge is -2.39. The van der Waals surface area contributed by atoms with E-state index in [9.17, 15) is 5.11 Å². The van der Waals surface area contributed by atoms with Crippen LogP contribution in [0.1, 0.15) is 58.1 Å². The molecule has 4 heteroatoms. The summed E-state index contributed by atoms with van der Waals surface area (Å²) < 4.78 is 1.88. The SMILES string of the molecule is CCCn1nncc1C1(O)CCCCC1CC. The molecule has 0 aliphatic heterocycles. The molecule has 2 unspecified atom stereocenters. The van der Waals surface area contributed by atoms with Gasteiger partial charge < -0.3 is 5.11 Å². The number of rotatable bonds is 4. The number of aryl methyl sites for hydroxylation is 1. The lowest BCUT2D eigenvalue weighted by atomic mass is 9.72. The first-order valence-corrected chi connectivity index (χ1v) is 6.83. The minimum atomic E-state index is -0.703. The fraction of sp³-hybridized carbons (Fsp3) is 0.846. The maximum absolute atomic E-state index is 11.0. The van der Waals surface area contributed by atoms with E-state index in [-0.39, 0.29) is 0 Å². The zero-order chi connectivity index (χ0) is 12.3. The van der Waals surface area contributed by atoms with Crippen LogP contribution in [0.5, 0.6) is 0 Å². The summed E-state index contributed by atoms with van der Waals surface area (Å²) in [5, 5.41) is 19.1. The fourth-order valence-corrected chi connectivity index (χ4v) is 3.08. The van der Waals surface area contributed by atoms with Crippen molar-refractivity contribution in [2.75, 3.05) is 0 Å². The van der Waals surface area contributed by atoms with E-state index in [0.717, 1.165) is 44.3 Å². The van der Waals surface area contributed by atoms with E-state index in [1.54, 1.807) is 6.20 Å². The third kappa shape index (κ3) is 2.23. The molecule has 96 valence electrons. The van der Waals surface area contributed by atoms with Gasteiger partial charge in [-0.15, -0.1) is 5.10 Å². The maximum Gasteiger partial charge on any atom is 0.111 e. The van der Waals surface area contributed by atoms with Crippen LogP contribution in [0, 0.1) is 5.92 Å². The van der Waals surface area contributed by atoms with Gasteiger partial charge in [0.15, 0.2) is 0 Å². The molecule has 0 amide bonds. The van der Waals surface area contributed by atoms with Crippen LogP contribution < -0.4 is 0 Å². The average molecular weight is 237 g/mol. The maximum atomic E-state index is 11.0. The predicted octanol–water partition coefficient (Wildman–Crippen LogP) is 2.48. The largest absolute Gasteiger partial charge is 0.383 e. The van der Waals surface area contributed by atoms with Gasteiger partial charge in [0, 0.05) is 6.54 Å². The standard InChI is InChI=1S/C13H23N3O/c1-3-9-16-12(10-14-15-16)13(17)8-6-5-7-11(13)4-2/h10-11,17H,3-9H2,1-2H3. The van der Waals surface area contributed by atoms with Crippen LogP contribution in [-0.2, 0) is 12.1 Å². The summed E-state index contributed by atoms with van der Waals surface area (Å²) in [7, 11) is 0. The van der Waals surface area contributed by atoms with E-state index in [1.807, 2.05) is 4.68 Å². The van der Waals surface area contributed by atoms with E-state index in [4.69, 9.17) is 0 Å². The van der Waals surface area contributed by atoms with Crippen LogP contribution >= 0.6 is 0 Å². The molecule has 1 aromatic heterocycles. The zero-order valence-electron chi connectivity index (χ0n) is 10.9. The van der Waals surface area contributed by atoms with Crippen molar-refractivity contribution in [2.24, 2.45) is 5.92 Å². The molecule has 0 spiro atoms. The summed E-state index contributed by atoms with van der Waals surface area (Å²) in [6.07, 6.45) is 8.09. The highest BCUT2D eigenvalue weighted by atomic mass is 16.3. The van der Waals surface area contributed by atoms with Gasteiger partial charge in [-0.1, -0.05) is 38.3 Å². The van der Waals surface area contributed by atoms with E-state index < -0.39 is 5.60 Å². The molecule has 4 nitrogen and oxygen atoms in total. The van der Waals surface area contributed by atoms with Crippen LogP contribution in [0.4, 0.5) is 0 Å². The second kappa shape index (κ2) is 5.17. The van der Waals surface area contributed by atoms with Crippen LogP contribution in [0.3, 0.4) is 0 Å². The van der Waals surface area contributed by atoms with Crippen molar-refractivity contribution in [3.63, 3.8) is 0 Å². The topological polar surface area (TPSA) is 50.9 Å². The molecule has 1 aliphatic carbocycles. The quantitative estimate of drug-likeness (QED) is 0.875. The van der Waals surface area contributed by atoms with Gasteiger partial charge in [-0.05, 0) is 25.2 Å². The Kier molecular flexibility index (Phi) is 3.82. The smallest absolute Gasteiger partial charge is 0.111 e. The Balaban J connectivity index is 2.31. The van der Waals surface area contributed by atoms with Crippen molar-refractivity contribution in [3.05, 3.63) is 11.9 Å². The number of aliphatic hydroxyl groups is 1. The molecule has 0 aromatic carbocycles. The summed E-state index contributed by atoms with van der Waals surface area (Å²) >= 11 is 0. The minimum absolute atomic E-state index is 0.352. The Morgan fingerprint density at radius 2 is 2.29 bits per heavy atom. The molecular formula is C13H23N3O. The summed E-state index contributed by atoms with van der Waals surface area (Å²) in [5.74, 6) is 0.352. The van der Waals surface area contributed by atoms with E-state index in [1.165, 1.54) is 6.42 Å². The molecule has 0 radical (unpaired) electrons. The summed E-state index contributed by atoms with van der Waals surface area (Å²) in [6.45, 7) is 5.12. The Bertz CT molecular complexity index is 363. The molecule has 1 fully saturated rings. The van der Waals surface area contributed by atoms with Crippen molar-refractivity contribution in [1.29, 1.82) is 0 Å². The second-order valence-electron chi connectivity index (χ2n) is 5.12. The third-order valence-electron chi connectivity index (χ3n) is 4.03. The van der Waals surface area contributed by atoms with Crippen LogP contribution in [-0.4, -0.2) is 20.1 Å². The highest BCUT2D eigenvalue weighted by molar-refractivity contribution is 5.11. The first-order chi connectivity index (χ1) is 8.22. The van der Waals surface area contributed by atoms with Gasteiger partial charge in [-0.25, -0.2) is 4.68 Å². The monoisotopic (exact) mass is 237 g/mol. The van der Waals surface area contributed by atoms with E-state index >= 15 is 0 Å². The van der Waals surface area contributed by atoms with Crippen LogP contribution in [0.25, 0.3) is 0 Å². The van der Waals surface area contributed by atoms with Gasteiger partial charge in [0.05, 0.1) is 11.9 Å². The van der Waals surface area contributed by atoms with Crippen molar-refractivity contribution in [3.8, 4) is 0 Å². The molecule has 2 rings (SSSR count). The average Bonchev–Trinajstić information content (AvgIpc) is 2.79. The Hall–Kier alpha value is -0.900. The molecule has 0 saturated heterocycles. The van der Waals surface area contributed by atoms with Crippen LogP contribution in [0.2, 0.25) is 0 Å². The molecule has 1 saturated carbocycles. The van der Waals surface area contributed by atoms with Gasteiger partial charge in [0.2, 0.25) is 0 Å². The molecule has 1 aliphatic rings. The van der Waals surface area contributed by atoms with Gasteiger partial charge >= 0.3 is 0 Å². The highest BCUT2D eigenvalue weighted by Gasteiger charge is 2.41. The van der Waals surface area contributed by atoms with Crippen molar-refractivity contribution in [2.45, 2.75) is 64.5 Å².